The van der Waals surface area contributed by atoms with Crippen molar-refractivity contribution < 1.29 is 14.6 Å². The number of nitrogens with zero attached hydrogens (tertiary/aromatic N) is 4. The average molecular weight is 374 g/mol. The van der Waals surface area contributed by atoms with Gasteiger partial charge in [-0.2, -0.15) is 5.10 Å². The summed E-state index contributed by atoms with van der Waals surface area (Å²) in [6, 6.07) is 8.44. The van der Waals surface area contributed by atoms with Crippen LogP contribution in [0.15, 0.2) is 24.3 Å². The summed E-state index contributed by atoms with van der Waals surface area (Å²) >= 11 is 0. The lowest BCUT2D eigenvalue weighted by Crippen LogP contribution is -2.46. The summed E-state index contributed by atoms with van der Waals surface area (Å²) in [5.74, 6) is 2.48. The molecule has 148 valence electrons. The molecule has 1 aromatic heterocycles. The van der Waals surface area contributed by atoms with Crippen molar-refractivity contribution in [3.05, 3.63) is 41.5 Å². The molecule has 0 amide bonds. The number of methoxy groups -OCH3 is 1. The summed E-state index contributed by atoms with van der Waals surface area (Å²) < 4.78 is 13.0. The van der Waals surface area contributed by atoms with Gasteiger partial charge in [0.25, 0.3) is 0 Å². The average Bonchev–Trinajstić information content (AvgIpc) is 3.04. The highest BCUT2D eigenvalue weighted by molar-refractivity contribution is 5.28. The molecule has 1 aliphatic heterocycles. The van der Waals surface area contributed by atoms with Crippen LogP contribution in [0.5, 0.6) is 5.75 Å². The molecule has 0 aliphatic carbocycles. The first-order valence-electron chi connectivity index (χ1n) is 9.61. The molecule has 7 nitrogen and oxygen atoms in total. The van der Waals surface area contributed by atoms with Crippen molar-refractivity contribution in [3.63, 3.8) is 0 Å². The summed E-state index contributed by atoms with van der Waals surface area (Å²) in [5, 5.41) is 14.0. The molecular weight excluding hydrogens is 344 g/mol. The highest BCUT2D eigenvalue weighted by Crippen LogP contribution is 2.16. The van der Waals surface area contributed by atoms with Gasteiger partial charge in [-0.05, 0) is 31.5 Å². The van der Waals surface area contributed by atoms with Gasteiger partial charge >= 0.3 is 0 Å². The first-order chi connectivity index (χ1) is 13.1. The number of rotatable bonds is 8. The second kappa shape index (κ2) is 9.30. The van der Waals surface area contributed by atoms with E-state index in [-0.39, 0.29) is 12.7 Å². The van der Waals surface area contributed by atoms with Gasteiger partial charge in [-0.3, -0.25) is 4.90 Å². The van der Waals surface area contributed by atoms with Crippen LogP contribution in [0.4, 0.5) is 0 Å². The highest BCUT2D eigenvalue weighted by atomic mass is 16.5. The van der Waals surface area contributed by atoms with Crippen LogP contribution in [0.2, 0.25) is 0 Å². The quantitative estimate of drug-likeness (QED) is 0.755. The molecule has 2 heterocycles. The fourth-order valence-corrected chi connectivity index (χ4v) is 3.39. The van der Waals surface area contributed by atoms with Crippen LogP contribution >= 0.6 is 0 Å². The zero-order valence-electron chi connectivity index (χ0n) is 16.5. The maximum atomic E-state index is 9.38. The van der Waals surface area contributed by atoms with Crippen molar-refractivity contribution in [1.82, 2.24) is 19.7 Å². The first kappa shape index (κ1) is 19.8. The van der Waals surface area contributed by atoms with Crippen molar-refractivity contribution in [1.29, 1.82) is 0 Å². The topological polar surface area (TPSA) is 72.6 Å². The minimum Gasteiger partial charge on any atom is -0.497 e. The monoisotopic (exact) mass is 374 g/mol. The zero-order valence-corrected chi connectivity index (χ0v) is 16.5. The number of aromatic nitrogens is 3. The molecule has 2 aromatic rings. The SMILES string of the molecule is COc1ccc(Cc2nc(C[C@@H]3CN(C(C)C)CCO3)n(CCO)n2)cc1. The third-order valence-electron chi connectivity index (χ3n) is 4.94. The number of hydrogen-bond acceptors (Lipinski definition) is 6. The summed E-state index contributed by atoms with van der Waals surface area (Å²) in [6.07, 6.45) is 1.47. The van der Waals surface area contributed by atoms with E-state index < -0.39 is 0 Å². The summed E-state index contributed by atoms with van der Waals surface area (Å²) in [7, 11) is 1.66. The van der Waals surface area contributed by atoms with Crippen LogP contribution < -0.4 is 4.74 Å². The minimum absolute atomic E-state index is 0.0436. The molecular formula is C20H30N4O3. The van der Waals surface area contributed by atoms with E-state index in [9.17, 15) is 5.11 Å². The van der Waals surface area contributed by atoms with Gasteiger partial charge in [-0.1, -0.05) is 12.1 Å². The third kappa shape index (κ3) is 5.28. The second-order valence-electron chi connectivity index (χ2n) is 7.20. The highest BCUT2D eigenvalue weighted by Gasteiger charge is 2.24. The molecule has 1 saturated heterocycles. The van der Waals surface area contributed by atoms with Crippen LogP contribution in [-0.4, -0.2) is 70.3 Å². The first-order valence-corrected chi connectivity index (χ1v) is 9.61. The Hall–Kier alpha value is -1.96. The number of ether oxygens (including phenoxy) is 2. The van der Waals surface area contributed by atoms with E-state index in [2.05, 4.69) is 23.8 Å². The molecule has 1 N–H and O–H groups in total. The number of benzene rings is 1. The van der Waals surface area contributed by atoms with Gasteiger partial charge in [0.15, 0.2) is 5.82 Å². The lowest BCUT2D eigenvalue weighted by molar-refractivity contribution is -0.0390. The molecule has 1 atom stereocenters. The van der Waals surface area contributed by atoms with Gasteiger partial charge in [0.1, 0.15) is 11.6 Å². The molecule has 0 saturated carbocycles. The van der Waals surface area contributed by atoms with Crippen molar-refractivity contribution >= 4 is 0 Å². The Morgan fingerprint density at radius 3 is 2.74 bits per heavy atom. The Balaban J connectivity index is 1.70. The maximum absolute atomic E-state index is 9.38. The smallest absolute Gasteiger partial charge is 0.155 e. The van der Waals surface area contributed by atoms with Crippen molar-refractivity contribution in [2.75, 3.05) is 33.4 Å². The Kier molecular flexibility index (Phi) is 6.82. The Labute approximate surface area is 160 Å². The van der Waals surface area contributed by atoms with Gasteiger partial charge < -0.3 is 14.6 Å². The van der Waals surface area contributed by atoms with Gasteiger partial charge in [0, 0.05) is 32.0 Å². The van der Waals surface area contributed by atoms with E-state index >= 15 is 0 Å². The van der Waals surface area contributed by atoms with Gasteiger partial charge in [0.05, 0.1) is 33.0 Å². The van der Waals surface area contributed by atoms with E-state index in [1.165, 1.54) is 0 Å². The number of aliphatic hydroxyl groups is 1. The maximum Gasteiger partial charge on any atom is 0.155 e. The Morgan fingerprint density at radius 2 is 2.07 bits per heavy atom. The predicted octanol–water partition coefficient (Wildman–Crippen LogP) is 1.52. The largest absolute Gasteiger partial charge is 0.497 e. The van der Waals surface area contributed by atoms with Crippen LogP contribution in [0.3, 0.4) is 0 Å². The standard InChI is InChI=1S/C20H30N4O3/c1-15(2)23-9-11-27-18(14-23)13-20-21-19(22-24(20)8-10-25)12-16-4-6-17(26-3)7-5-16/h4-7,15,18,25H,8-14H2,1-3H3/t18-/m1/s1. The van der Waals surface area contributed by atoms with Crippen molar-refractivity contribution in [3.8, 4) is 5.75 Å². The Morgan fingerprint density at radius 1 is 1.30 bits per heavy atom. The van der Waals surface area contributed by atoms with Crippen LogP contribution in [0, 0.1) is 0 Å². The molecule has 1 fully saturated rings. The molecule has 27 heavy (non-hydrogen) atoms. The zero-order chi connectivity index (χ0) is 19.2. The third-order valence-corrected chi connectivity index (χ3v) is 4.94. The fourth-order valence-electron chi connectivity index (χ4n) is 3.39. The molecule has 3 rings (SSSR count). The van der Waals surface area contributed by atoms with Gasteiger partial charge in [-0.25, -0.2) is 9.67 Å². The number of hydrogen-bond donors (Lipinski definition) is 1. The van der Waals surface area contributed by atoms with E-state index in [4.69, 9.17) is 14.5 Å². The van der Waals surface area contributed by atoms with Crippen LogP contribution in [0.1, 0.15) is 31.1 Å². The van der Waals surface area contributed by atoms with Crippen LogP contribution in [-0.2, 0) is 24.1 Å². The van der Waals surface area contributed by atoms with E-state index in [0.717, 1.165) is 42.7 Å². The molecule has 0 radical (unpaired) electrons. The number of morpholine rings is 1. The van der Waals surface area contributed by atoms with Gasteiger partial charge in [-0.15, -0.1) is 0 Å². The molecule has 0 unspecified atom stereocenters. The number of aliphatic hydroxyl groups excluding tert-OH is 1. The lowest BCUT2D eigenvalue weighted by Gasteiger charge is -2.35. The molecule has 1 aliphatic rings. The van der Waals surface area contributed by atoms with Crippen molar-refractivity contribution in [2.24, 2.45) is 0 Å². The predicted molar refractivity (Wildman–Crippen MR) is 103 cm³/mol. The van der Waals surface area contributed by atoms with E-state index in [1.807, 2.05) is 28.9 Å². The molecule has 1 aromatic carbocycles. The van der Waals surface area contributed by atoms with Gasteiger partial charge in [0.2, 0.25) is 0 Å². The lowest BCUT2D eigenvalue weighted by atomic mass is 10.1. The summed E-state index contributed by atoms with van der Waals surface area (Å²) in [5.41, 5.74) is 1.13. The van der Waals surface area contributed by atoms with E-state index in [0.29, 0.717) is 25.4 Å². The minimum atomic E-state index is 0.0436. The van der Waals surface area contributed by atoms with Crippen molar-refractivity contribution in [2.45, 2.75) is 45.4 Å². The molecule has 0 spiro atoms. The second-order valence-corrected chi connectivity index (χ2v) is 7.20. The molecule has 0 bridgehead atoms. The molecule has 7 heteroatoms. The Bertz CT molecular complexity index is 715. The summed E-state index contributed by atoms with van der Waals surface area (Å²) in [6.45, 7) is 7.54. The summed E-state index contributed by atoms with van der Waals surface area (Å²) in [4.78, 5) is 7.17. The van der Waals surface area contributed by atoms with E-state index in [1.54, 1.807) is 7.11 Å². The normalized spacial score (nSPS) is 18.2. The van der Waals surface area contributed by atoms with Crippen LogP contribution in [0.25, 0.3) is 0 Å². The fraction of sp³-hybridized carbons (Fsp3) is 0.600.